The van der Waals surface area contributed by atoms with Gasteiger partial charge < -0.3 is 10.1 Å². The van der Waals surface area contributed by atoms with E-state index in [4.69, 9.17) is 0 Å². The zero-order chi connectivity index (χ0) is 11.1. The molecule has 0 atom stereocenters. The largest absolute Gasteiger partial charge is 0.465 e. The Hall–Kier alpha value is -1.58. The van der Waals surface area contributed by atoms with Gasteiger partial charge in [0.15, 0.2) is 0 Å². The van der Waals surface area contributed by atoms with Crippen LogP contribution in [0.5, 0.6) is 0 Å². The molecule has 1 aromatic rings. The molecular formula is C11H14N2O2. The summed E-state index contributed by atoms with van der Waals surface area (Å²) in [5.74, 6) is 0.530. The maximum Gasteiger partial charge on any atom is 0.339 e. The lowest BCUT2D eigenvalue weighted by Crippen LogP contribution is -2.27. The van der Waals surface area contributed by atoms with Crippen LogP contribution in [0.2, 0.25) is 0 Å². The number of anilines is 1. The van der Waals surface area contributed by atoms with Gasteiger partial charge in [-0.1, -0.05) is 0 Å². The Morgan fingerprint density at radius 1 is 1.60 bits per heavy atom. The van der Waals surface area contributed by atoms with Crippen LogP contribution in [0, 0.1) is 0 Å². The van der Waals surface area contributed by atoms with Crippen molar-refractivity contribution in [2.45, 2.75) is 25.8 Å². The summed E-state index contributed by atoms with van der Waals surface area (Å²) in [6, 6.07) is 1.84. The van der Waals surface area contributed by atoms with Gasteiger partial charge in [0.2, 0.25) is 0 Å². The molecule has 0 amide bonds. The van der Waals surface area contributed by atoms with Crippen LogP contribution in [0.4, 0.5) is 5.82 Å². The van der Waals surface area contributed by atoms with E-state index in [0.717, 1.165) is 17.8 Å². The first-order valence-electron chi connectivity index (χ1n) is 4.87. The number of pyridine rings is 1. The van der Waals surface area contributed by atoms with Gasteiger partial charge in [-0.3, -0.25) is 0 Å². The Kier molecular flexibility index (Phi) is 2.14. The van der Waals surface area contributed by atoms with E-state index in [1.807, 2.05) is 6.07 Å². The summed E-state index contributed by atoms with van der Waals surface area (Å²) in [6.07, 6.45) is 2.42. The van der Waals surface area contributed by atoms with Gasteiger partial charge in [-0.05, 0) is 31.9 Å². The van der Waals surface area contributed by atoms with Crippen molar-refractivity contribution in [3.63, 3.8) is 0 Å². The van der Waals surface area contributed by atoms with Gasteiger partial charge in [0.1, 0.15) is 5.82 Å². The minimum Gasteiger partial charge on any atom is -0.465 e. The molecule has 0 unspecified atom stereocenters. The summed E-state index contributed by atoms with van der Waals surface area (Å²) in [6.45, 7) is 4.21. The number of carbonyl (C=O) groups is 1. The molecule has 1 aromatic heterocycles. The van der Waals surface area contributed by atoms with E-state index < -0.39 is 0 Å². The van der Waals surface area contributed by atoms with Crippen LogP contribution in [-0.4, -0.2) is 23.6 Å². The van der Waals surface area contributed by atoms with E-state index in [1.165, 1.54) is 7.11 Å². The molecule has 1 N–H and O–H groups in total. The highest BCUT2D eigenvalue weighted by atomic mass is 16.5. The second kappa shape index (κ2) is 3.22. The first kappa shape index (κ1) is 9.96. The highest BCUT2D eigenvalue weighted by Crippen LogP contribution is 2.30. The smallest absolute Gasteiger partial charge is 0.339 e. The van der Waals surface area contributed by atoms with Crippen molar-refractivity contribution in [2.75, 3.05) is 12.4 Å². The lowest BCUT2D eigenvalue weighted by atomic mass is 10.0. The van der Waals surface area contributed by atoms with Crippen molar-refractivity contribution < 1.29 is 9.53 Å². The molecule has 4 nitrogen and oxygen atoms in total. The number of esters is 1. The van der Waals surface area contributed by atoms with Crippen molar-refractivity contribution >= 4 is 11.8 Å². The first-order chi connectivity index (χ1) is 7.02. The van der Waals surface area contributed by atoms with Gasteiger partial charge in [0.25, 0.3) is 0 Å². The summed E-state index contributed by atoms with van der Waals surface area (Å²) < 4.78 is 4.65. The predicted octanol–water partition coefficient (Wildman–Crippen LogP) is 1.61. The van der Waals surface area contributed by atoms with E-state index >= 15 is 0 Å². The third-order valence-electron chi connectivity index (χ3n) is 2.48. The van der Waals surface area contributed by atoms with Gasteiger partial charge in [0.05, 0.1) is 12.7 Å². The van der Waals surface area contributed by atoms with Crippen LogP contribution in [0.25, 0.3) is 0 Å². The van der Waals surface area contributed by atoms with E-state index in [9.17, 15) is 4.79 Å². The number of rotatable bonds is 1. The van der Waals surface area contributed by atoms with E-state index in [-0.39, 0.29) is 11.5 Å². The average Bonchev–Trinajstić information content (AvgIpc) is 2.49. The molecule has 0 aromatic carbocycles. The van der Waals surface area contributed by atoms with Gasteiger partial charge in [-0.2, -0.15) is 0 Å². The number of ether oxygens (including phenoxy) is 1. The summed E-state index contributed by atoms with van der Waals surface area (Å²) >= 11 is 0. The zero-order valence-electron chi connectivity index (χ0n) is 9.13. The summed E-state index contributed by atoms with van der Waals surface area (Å²) in [5.41, 5.74) is 1.60. The minimum atomic E-state index is -0.338. The number of hydrogen-bond donors (Lipinski definition) is 1. The van der Waals surface area contributed by atoms with Crippen molar-refractivity contribution in [1.82, 2.24) is 4.98 Å². The predicted molar refractivity (Wildman–Crippen MR) is 57.0 cm³/mol. The van der Waals surface area contributed by atoms with Crippen LogP contribution in [0.3, 0.4) is 0 Å². The monoisotopic (exact) mass is 206 g/mol. The molecular weight excluding hydrogens is 192 g/mol. The Bertz CT molecular complexity index is 413. The number of aromatic nitrogens is 1. The van der Waals surface area contributed by atoms with Crippen molar-refractivity contribution in [2.24, 2.45) is 0 Å². The lowest BCUT2D eigenvalue weighted by molar-refractivity contribution is 0.0600. The van der Waals surface area contributed by atoms with E-state index in [2.05, 4.69) is 28.9 Å². The topological polar surface area (TPSA) is 51.2 Å². The normalized spacial score (nSPS) is 16.7. The number of carbonyl (C=O) groups excluding carboxylic acids is 1. The van der Waals surface area contributed by atoms with Crippen LogP contribution < -0.4 is 5.32 Å². The van der Waals surface area contributed by atoms with Gasteiger partial charge in [-0.25, -0.2) is 9.78 Å². The fourth-order valence-electron chi connectivity index (χ4n) is 1.83. The van der Waals surface area contributed by atoms with Gasteiger partial charge >= 0.3 is 5.97 Å². The number of nitrogens with one attached hydrogen (secondary N) is 1. The minimum absolute atomic E-state index is 0.0179. The summed E-state index contributed by atoms with van der Waals surface area (Å²) in [7, 11) is 1.37. The zero-order valence-corrected chi connectivity index (χ0v) is 9.13. The van der Waals surface area contributed by atoms with E-state index in [0.29, 0.717) is 5.56 Å². The lowest BCUT2D eigenvalue weighted by Gasteiger charge is -2.17. The maximum atomic E-state index is 11.3. The highest BCUT2D eigenvalue weighted by Gasteiger charge is 2.28. The molecule has 4 heteroatoms. The third kappa shape index (κ3) is 1.79. The molecule has 0 fully saturated rings. The molecule has 0 radical (unpaired) electrons. The van der Waals surface area contributed by atoms with Crippen molar-refractivity contribution in [1.29, 1.82) is 0 Å². The Morgan fingerprint density at radius 2 is 2.33 bits per heavy atom. The molecule has 15 heavy (non-hydrogen) atoms. The maximum absolute atomic E-state index is 11.3. The van der Waals surface area contributed by atoms with Gasteiger partial charge in [-0.15, -0.1) is 0 Å². The number of methoxy groups -OCH3 is 1. The molecule has 0 spiro atoms. The fraction of sp³-hybridized carbons (Fsp3) is 0.455. The number of nitrogens with zero attached hydrogens (tertiary/aromatic N) is 1. The molecule has 2 heterocycles. The third-order valence-corrected chi connectivity index (χ3v) is 2.48. The van der Waals surface area contributed by atoms with Crippen LogP contribution >= 0.6 is 0 Å². The highest BCUT2D eigenvalue weighted by molar-refractivity contribution is 5.89. The molecule has 2 rings (SSSR count). The average molecular weight is 206 g/mol. The quantitative estimate of drug-likeness (QED) is 0.709. The summed E-state index contributed by atoms with van der Waals surface area (Å²) in [4.78, 5) is 15.5. The Balaban J connectivity index is 2.34. The van der Waals surface area contributed by atoms with Crippen LogP contribution in [-0.2, 0) is 11.2 Å². The molecule has 0 saturated carbocycles. The summed E-state index contributed by atoms with van der Waals surface area (Å²) in [5, 5.41) is 3.29. The molecule has 80 valence electrons. The number of fused-ring (bicyclic) bond motifs is 1. The van der Waals surface area contributed by atoms with E-state index in [1.54, 1.807) is 6.20 Å². The molecule has 0 saturated heterocycles. The van der Waals surface area contributed by atoms with Crippen molar-refractivity contribution in [3.05, 3.63) is 23.4 Å². The van der Waals surface area contributed by atoms with Crippen molar-refractivity contribution in [3.8, 4) is 0 Å². The van der Waals surface area contributed by atoms with Gasteiger partial charge in [0, 0.05) is 11.7 Å². The number of hydrogen-bond acceptors (Lipinski definition) is 4. The first-order valence-corrected chi connectivity index (χ1v) is 4.87. The standard InChI is InChI=1S/C11H14N2O2/c1-11(2)5-7-4-8(10(14)15-3)6-12-9(7)13-11/h4,6H,5H2,1-3H3,(H,12,13). The molecule has 0 aliphatic carbocycles. The Labute approximate surface area is 88.7 Å². The van der Waals surface area contributed by atoms with Crippen LogP contribution in [0.15, 0.2) is 12.3 Å². The second-order valence-corrected chi connectivity index (χ2v) is 4.41. The van der Waals surface area contributed by atoms with Crippen LogP contribution in [0.1, 0.15) is 29.8 Å². The SMILES string of the molecule is COC(=O)c1cnc2c(c1)CC(C)(C)N2. The molecule has 1 aliphatic rings. The second-order valence-electron chi connectivity index (χ2n) is 4.41. The molecule has 0 bridgehead atoms. The Morgan fingerprint density at radius 3 is 3.00 bits per heavy atom. The fourth-order valence-corrected chi connectivity index (χ4v) is 1.83. The molecule has 1 aliphatic heterocycles.